The van der Waals surface area contributed by atoms with Gasteiger partial charge in [0.25, 0.3) is 0 Å². The monoisotopic (exact) mass is 1250 g/mol. The highest BCUT2D eigenvalue weighted by Crippen LogP contribution is 2.45. The number of aliphatic hydroxyl groups excluding tert-OH is 1. The summed E-state index contributed by atoms with van der Waals surface area (Å²) >= 11 is 0. The average molecular weight is 1260 g/mol. The van der Waals surface area contributed by atoms with E-state index in [1.165, 1.54) is 116 Å². The van der Waals surface area contributed by atoms with Crippen LogP contribution in [-0.4, -0.2) is 96.7 Å². The minimum absolute atomic E-state index is 0.102. The molecule has 504 valence electrons. The summed E-state index contributed by atoms with van der Waals surface area (Å²) in [6, 6.07) is 0. The second kappa shape index (κ2) is 56.1. The Hall–Kier alpha value is -1.94. The topological polar surface area (TPSA) is 237 Å². The van der Waals surface area contributed by atoms with E-state index in [0.29, 0.717) is 37.5 Å². The number of unbranched alkanes of at least 4 members (excludes halogenated alkanes) is 29. The fourth-order valence-electron chi connectivity index (χ4n) is 9.78. The van der Waals surface area contributed by atoms with E-state index in [-0.39, 0.29) is 25.7 Å². The van der Waals surface area contributed by atoms with Gasteiger partial charge in [0, 0.05) is 25.7 Å². The van der Waals surface area contributed by atoms with Crippen molar-refractivity contribution in [2.75, 3.05) is 39.6 Å². The Kier molecular flexibility index (Phi) is 54.8. The molecule has 0 aliphatic carbocycles. The maximum Gasteiger partial charge on any atom is 0.472 e. The number of hydrogen-bond donors (Lipinski definition) is 3. The predicted molar refractivity (Wildman–Crippen MR) is 340 cm³/mol. The molecule has 0 amide bonds. The van der Waals surface area contributed by atoms with Crippen LogP contribution >= 0.6 is 15.6 Å². The zero-order valence-electron chi connectivity index (χ0n) is 55.2. The van der Waals surface area contributed by atoms with Crippen molar-refractivity contribution in [3.63, 3.8) is 0 Å². The molecule has 3 N–H and O–H groups in total. The van der Waals surface area contributed by atoms with E-state index < -0.39 is 97.5 Å². The van der Waals surface area contributed by atoms with Gasteiger partial charge in [0.05, 0.1) is 26.4 Å². The van der Waals surface area contributed by atoms with Gasteiger partial charge in [0.2, 0.25) is 0 Å². The first-order chi connectivity index (χ1) is 40.6. The zero-order valence-corrected chi connectivity index (χ0v) is 57.0. The number of phosphoric ester groups is 2. The number of ether oxygens (including phenoxy) is 4. The standard InChI is InChI=1S/C66H128O17P2/c1-56(2)42-34-26-18-12-9-10-14-22-30-38-46-63(68)76-52-61(82-65(70)48-40-32-23-15-11-13-19-27-35-43-57(3)4)54-80-84(72,73)78-50-60(67)51-79-85(74,75)81-55-62(83-66(71)49-41-33-25-17-21-29-37-45-59(7)8)53-77-64(69)47-39-31-24-16-20-28-36-44-58(5)6/h56-62,67H,9-55H2,1-8H3,(H,72,73)(H,74,75)/t60?,61-,62-/m1/s1. The molecule has 19 heteroatoms. The molecule has 17 nitrogen and oxygen atoms in total. The molecule has 0 aliphatic heterocycles. The minimum atomic E-state index is -4.95. The summed E-state index contributed by atoms with van der Waals surface area (Å²) in [7, 11) is -9.89. The van der Waals surface area contributed by atoms with Gasteiger partial charge < -0.3 is 33.8 Å². The lowest BCUT2D eigenvalue weighted by molar-refractivity contribution is -0.161. The van der Waals surface area contributed by atoms with Crippen LogP contribution in [-0.2, 0) is 65.4 Å². The Morgan fingerprint density at radius 3 is 0.729 bits per heavy atom. The third kappa shape index (κ3) is 60.7. The molecule has 0 aromatic carbocycles. The SMILES string of the molecule is CC(C)CCCCCCCCCCCCC(=O)OC[C@H](COP(=O)(O)OCC(O)COP(=O)(O)OC[C@@H](COC(=O)CCCCCCCCCC(C)C)OC(=O)CCCCCCCCCC(C)C)OC(=O)CCCCCCCCCCCC(C)C. The Morgan fingerprint density at radius 2 is 0.494 bits per heavy atom. The van der Waals surface area contributed by atoms with Gasteiger partial charge in [0.15, 0.2) is 12.2 Å². The maximum atomic E-state index is 13.0. The molecular weight excluding hydrogens is 1130 g/mol. The first-order valence-electron chi connectivity index (χ1n) is 34.2. The Bertz CT molecular complexity index is 1700. The van der Waals surface area contributed by atoms with Crippen molar-refractivity contribution in [3.8, 4) is 0 Å². The Balaban J connectivity index is 5.25. The van der Waals surface area contributed by atoms with Crippen molar-refractivity contribution in [1.82, 2.24) is 0 Å². The predicted octanol–water partition coefficient (Wildman–Crippen LogP) is 18.1. The number of carbonyl (C=O) groups excluding carboxylic acids is 4. The maximum absolute atomic E-state index is 13.0. The molecule has 0 aliphatic rings. The smallest absolute Gasteiger partial charge is 0.462 e. The van der Waals surface area contributed by atoms with Crippen molar-refractivity contribution >= 4 is 39.5 Å². The third-order valence-electron chi connectivity index (χ3n) is 15.1. The molecule has 85 heavy (non-hydrogen) atoms. The summed E-state index contributed by atoms with van der Waals surface area (Å²) in [5.41, 5.74) is 0. The molecule has 0 aromatic rings. The van der Waals surface area contributed by atoms with E-state index in [1.807, 2.05) is 0 Å². The highest BCUT2D eigenvalue weighted by atomic mass is 31.2. The van der Waals surface area contributed by atoms with Gasteiger partial charge >= 0.3 is 39.5 Å². The van der Waals surface area contributed by atoms with Gasteiger partial charge in [-0.1, -0.05) is 267 Å². The molecule has 3 unspecified atom stereocenters. The number of phosphoric acid groups is 2. The van der Waals surface area contributed by atoms with Crippen molar-refractivity contribution < 1.29 is 80.2 Å². The summed E-state index contributed by atoms with van der Waals surface area (Å²) in [5.74, 6) is 0.758. The van der Waals surface area contributed by atoms with Crippen LogP contribution in [0.25, 0.3) is 0 Å². The van der Waals surface area contributed by atoms with E-state index in [9.17, 15) is 43.2 Å². The molecule has 5 atom stereocenters. The third-order valence-corrected chi connectivity index (χ3v) is 17.0. The second-order valence-electron chi connectivity index (χ2n) is 25.8. The molecule has 0 fully saturated rings. The van der Waals surface area contributed by atoms with Gasteiger partial charge in [-0.15, -0.1) is 0 Å². The van der Waals surface area contributed by atoms with Gasteiger partial charge in [0.1, 0.15) is 19.3 Å². The van der Waals surface area contributed by atoms with Gasteiger partial charge in [-0.2, -0.15) is 0 Å². The van der Waals surface area contributed by atoms with Crippen LogP contribution in [0.5, 0.6) is 0 Å². The Labute approximate surface area is 517 Å². The molecule has 0 rings (SSSR count). The van der Waals surface area contributed by atoms with E-state index >= 15 is 0 Å². The average Bonchev–Trinajstić information content (AvgIpc) is 3.50. The molecule has 0 bridgehead atoms. The lowest BCUT2D eigenvalue weighted by atomic mass is 10.0. The summed E-state index contributed by atoms with van der Waals surface area (Å²) < 4.78 is 68.1. The number of carbonyl (C=O) groups is 4. The summed E-state index contributed by atoms with van der Waals surface area (Å²) in [6.45, 7) is 14.0. The normalized spacial score (nSPS) is 14.4. The molecule has 0 spiro atoms. The van der Waals surface area contributed by atoms with Crippen molar-refractivity contribution in [3.05, 3.63) is 0 Å². The van der Waals surface area contributed by atoms with Crippen LogP contribution in [0.15, 0.2) is 0 Å². The lowest BCUT2D eigenvalue weighted by Crippen LogP contribution is -2.30. The molecule has 0 heterocycles. The van der Waals surface area contributed by atoms with E-state index in [4.69, 9.17) is 37.0 Å². The van der Waals surface area contributed by atoms with Crippen LogP contribution in [0.3, 0.4) is 0 Å². The Morgan fingerprint density at radius 1 is 0.294 bits per heavy atom. The van der Waals surface area contributed by atoms with E-state index in [0.717, 1.165) is 108 Å². The van der Waals surface area contributed by atoms with Crippen LogP contribution in [0, 0.1) is 23.7 Å². The fraction of sp³-hybridized carbons (Fsp3) is 0.939. The minimum Gasteiger partial charge on any atom is -0.462 e. The van der Waals surface area contributed by atoms with Gasteiger partial charge in [-0.05, 0) is 49.4 Å². The summed E-state index contributed by atoms with van der Waals surface area (Å²) in [5, 5.41) is 10.5. The highest BCUT2D eigenvalue weighted by Gasteiger charge is 2.30. The second-order valence-corrected chi connectivity index (χ2v) is 28.7. The van der Waals surface area contributed by atoms with Crippen LogP contribution < -0.4 is 0 Å². The quantitative estimate of drug-likeness (QED) is 0.0222. The van der Waals surface area contributed by atoms with Crippen molar-refractivity contribution in [2.45, 2.75) is 337 Å². The lowest BCUT2D eigenvalue weighted by Gasteiger charge is -2.21. The molecule has 0 radical (unpaired) electrons. The van der Waals surface area contributed by atoms with Crippen LogP contribution in [0.1, 0.15) is 319 Å². The van der Waals surface area contributed by atoms with Gasteiger partial charge in [-0.25, -0.2) is 9.13 Å². The first kappa shape index (κ1) is 83.1. The number of rotatable bonds is 63. The summed E-state index contributed by atoms with van der Waals surface area (Å²) in [6.07, 6.45) is 36.4. The number of esters is 4. The van der Waals surface area contributed by atoms with E-state index in [2.05, 4.69) is 55.4 Å². The van der Waals surface area contributed by atoms with Crippen LogP contribution in [0.4, 0.5) is 0 Å². The van der Waals surface area contributed by atoms with Crippen LogP contribution in [0.2, 0.25) is 0 Å². The molecule has 0 saturated carbocycles. The van der Waals surface area contributed by atoms with Gasteiger partial charge in [-0.3, -0.25) is 37.3 Å². The summed E-state index contributed by atoms with van der Waals surface area (Å²) in [4.78, 5) is 72.3. The zero-order chi connectivity index (χ0) is 63.2. The molecular formula is C66H128O17P2. The number of hydrogen-bond acceptors (Lipinski definition) is 15. The number of aliphatic hydroxyl groups is 1. The van der Waals surface area contributed by atoms with E-state index in [1.54, 1.807) is 0 Å². The highest BCUT2D eigenvalue weighted by molar-refractivity contribution is 7.47. The first-order valence-corrected chi connectivity index (χ1v) is 37.2. The molecule has 0 saturated heterocycles. The largest absolute Gasteiger partial charge is 0.472 e. The van der Waals surface area contributed by atoms with Crippen molar-refractivity contribution in [1.29, 1.82) is 0 Å². The fourth-order valence-corrected chi connectivity index (χ4v) is 11.4. The molecule has 0 aromatic heterocycles. The van der Waals surface area contributed by atoms with Crippen molar-refractivity contribution in [2.24, 2.45) is 23.7 Å².